The van der Waals surface area contributed by atoms with E-state index in [1.54, 1.807) is 32.2 Å². The largest absolute Gasteiger partial charge is 0.468 e. The molecular weight excluding hydrogens is 304 g/mol. The zero-order valence-electron chi connectivity index (χ0n) is 12.7. The maximum Gasteiger partial charge on any atom is 0.318 e. The quantitative estimate of drug-likeness (QED) is 0.458. The number of carbonyl (C=O) groups excluding carboxylic acids is 1. The molecule has 0 saturated carbocycles. The number of esters is 1. The van der Waals surface area contributed by atoms with Gasteiger partial charge in [-0.05, 0) is 19.1 Å². The number of nitrogens with zero attached hydrogens (tertiary/aromatic N) is 2. The zero-order chi connectivity index (χ0) is 16.1. The van der Waals surface area contributed by atoms with Crippen molar-refractivity contribution in [3.8, 4) is 0 Å². The summed E-state index contributed by atoms with van der Waals surface area (Å²) in [7, 11) is 2.91. The summed E-state index contributed by atoms with van der Waals surface area (Å²) in [5.74, 6) is -0.356. The van der Waals surface area contributed by atoms with Gasteiger partial charge in [-0.2, -0.15) is 0 Å². The number of aromatic nitrogens is 2. The van der Waals surface area contributed by atoms with Crippen LogP contribution in [0, 0.1) is 0 Å². The fraction of sp³-hybridized carbons (Fsp3) is 0.400. The summed E-state index contributed by atoms with van der Waals surface area (Å²) < 4.78 is 11.3. The molecule has 0 unspecified atom stereocenters. The Morgan fingerprint density at radius 1 is 1.36 bits per heavy atom. The molecule has 0 amide bonds. The Balaban J connectivity index is 2.49. The number of benzene rings is 1. The number of rotatable bonds is 6. The third kappa shape index (κ3) is 3.48. The lowest BCUT2D eigenvalue weighted by Gasteiger charge is -2.15. The topological polar surface area (TPSA) is 70.4 Å². The highest BCUT2D eigenvalue weighted by molar-refractivity contribution is 8.00. The van der Waals surface area contributed by atoms with E-state index in [2.05, 4.69) is 4.98 Å². The van der Waals surface area contributed by atoms with Crippen molar-refractivity contribution in [2.24, 2.45) is 0 Å². The van der Waals surface area contributed by atoms with Crippen LogP contribution >= 0.6 is 11.8 Å². The molecule has 0 spiro atoms. The first-order chi connectivity index (χ1) is 10.6. The fourth-order valence-corrected chi connectivity index (χ4v) is 2.95. The maximum absolute atomic E-state index is 12.6. The summed E-state index contributed by atoms with van der Waals surface area (Å²) in [6, 6.07) is 7.15. The van der Waals surface area contributed by atoms with Gasteiger partial charge in [0.25, 0.3) is 5.56 Å². The van der Waals surface area contributed by atoms with Crippen molar-refractivity contribution in [1.29, 1.82) is 0 Å². The van der Waals surface area contributed by atoms with Gasteiger partial charge in [-0.3, -0.25) is 14.2 Å². The van der Waals surface area contributed by atoms with Crippen LogP contribution < -0.4 is 5.56 Å². The Morgan fingerprint density at radius 2 is 2.09 bits per heavy atom. The molecule has 0 radical (unpaired) electrons. The van der Waals surface area contributed by atoms with Crippen LogP contribution in [0.1, 0.15) is 6.92 Å². The van der Waals surface area contributed by atoms with E-state index in [9.17, 15) is 9.59 Å². The third-order valence-corrected chi connectivity index (χ3v) is 4.23. The normalized spacial score (nSPS) is 12.3. The molecule has 0 aliphatic carbocycles. The molecule has 0 aliphatic heterocycles. The van der Waals surface area contributed by atoms with Crippen molar-refractivity contribution < 1.29 is 14.3 Å². The van der Waals surface area contributed by atoms with Gasteiger partial charge in [-0.1, -0.05) is 23.9 Å². The molecule has 0 N–H and O–H groups in total. The molecule has 0 saturated heterocycles. The van der Waals surface area contributed by atoms with Crippen molar-refractivity contribution in [2.45, 2.75) is 23.9 Å². The summed E-state index contributed by atoms with van der Waals surface area (Å²) in [5, 5.41) is 0.583. The summed E-state index contributed by atoms with van der Waals surface area (Å²) in [4.78, 5) is 28.7. The standard InChI is InChI=1S/C15H18N2O4S/c1-10(14(19)21-3)22-15-16-12-7-5-4-6-11(12)13(18)17(15)8-9-20-2/h4-7,10H,8-9H2,1-3H3/t10-/m1/s1. The van der Waals surface area contributed by atoms with Crippen LogP contribution in [0.4, 0.5) is 0 Å². The number of hydrogen-bond acceptors (Lipinski definition) is 6. The second-order valence-corrected chi connectivity index (χ2v) is 5.95. The van der Waals surface area contributed by atoms with Crippen LogP contribution in [-0.2, 0) is 20.8 Å². The molecule has 118 valence electrons. The van der Waals surface area contributed by atoms with Crippen LogP contribution in [0.15, 0.2) is 34.2 Å². The van der Waals surface area contributed by atoms with Crippen LogP contribution in [0.3, 0.4) is 0 Å². The lowest BCUT2D eigenvalue weighted by Crippen LogP contribution is -2.26. The third-order valence-electron chi connectivity index (χ3n) is 3.16. The summed E-state index contributed by atoms with van der Waals surface area (Å²) in [6.45, 7) is 2.49. The fourth-order valence-electron chi connectivity index (χ4n) is 1.99. The number of carbonyl (C=O) groups is 1. The number of methoxy groups -OCH3 is 2. The lowest BCUT2D eigenvalue weighted by molar-refractivity contribution is -0.139. The van der Waals surface area contributed by atoms with E-state index < -0.39 is 5.25 Å². The van der Waals surface area contributed by atoms with Crippen molar-refractivity contribution in [2.75, 3.05) is 20.8 Å². The molecule has 6 nitrogen and oxygen atoms in total. The Hall–Kier alpha value is -1.86. The molecule has 1 aromatic heterocycles. The summed E-state index contributed by atoms with van der Waals surface area (Å²) in [6.07, 6.45) is 0. The zero-order valence-corrected chi connectivity index (χ0v) is 13.6. The first-order valence-corrected chi connectivity index (χ1v) is 7.69. The second-order valence-electron chi connectivity index (χ2n) is 4.64. The molecular formula is C15H18N2O4S. The molecule has 1 heterocycles. The highest BCUT2D eigenvalue weighted by Crippen LogP contribution is 2.23. The molecule has 1 atom stereocenters. The van der Waals surface area contributed by atoms with Crippen LogP contribution in [0.2, 0.25) is 0 Å². The van der Waals surface area contributed by atoms with Gasteiger partial charge in [0.1, 0.15) is 5.25 Å². The van der Waals surface area contributed by atoms with Gasteiger partial charge in [0, 0.05) is 7.11 Å². The predicted molar refractivity (Wildman–Crippen MR) is 85.2 cm³/mol. The van der Waals surface area contributed by atoms with E-state index in [-0.39, 0.29) is 11.5 Å². The Bertz CT molecular complexity index is 729. The minimum atomic E-state index is -0.452. The van der Waals surface area contributed by atoms with Gasteiger partial charge in [0.05, 0.1) is 31.2 Å². The molecule has 0 bridgehead atoms. The van der Waals surface area contributed by atoms with E-state index in [1.807, 2.05) is 6.07 Å². The van der Waals surface area contributed by atoms with E-state index >= 15 is 0 Å². The van der Waals surface area contributed by atoms with E-state index in [0.29, 0.717) is 29.2 Å². The highest BCUT2D eigenvalue weighted by Gasteiger charge is 2.19. The number of para-hydroxylation sites is 1. The average Bonchev–Trinajstić information content (AvgIpc) is 2.53. The predicted octanol–water partition coefficient (Wildman–Crippen LogP) is 1.70. The summed E-state index contributed by atoms with van der Waals surface area (Å²) >= 11 is 1.20. The van der Waals surface area contributed by atoms with Crippen LogP contribution in [0.25, 0.3) is 10.9 Å². The summed E-state index contributed by atoms with van der Waals surface area (Å²) in [5.41, 5.74) is 0.475. The van der Waals surface area contributed by atoms with Crippen LogP contribution in [0.5, 0.6) is 0 Å². The minimum absolute atomic E-state index is 0.137. The van der Waals surface area contributed by atoms with E-state index in [4.69, 9.17) is 9.47 Å². The molecule has 1 aromatic carbocycles. The Morgan fingerprint density at radius 3 is 2.77 bits per heavy atom. The SMILES string of the molecule is COCCn1c(S[C@H](C)C(=O)OC)nc2ccccc2c1=O. The molecule has 2 rings (SSSR count). The van der Waals surface area contributed by atoms with Gasteiger partial charge in [-0.15, -0.1) is 0 Å². The highest BCUT2D eigenvalue weighted by atomic mass is 32.2. The Labute approximate surface area is 132 Å². The van der Waals surface area contributed by atoms with Crippen molar-refractivity contribution >= 4 is 28.6 Å². The minimum Gasteiger partial charge on any atom is -0.468 e. The first kappa shape index (κ1) is 16.5. The molecule has 2 aromatic rings. The first-order valence-electron chi connectivity index (χ1n) is 6.81. The smallest absolute Gasteiger partial charge is 0.318 e. The van der Waals surface area contributed by atoms with Gasteiger partial charge in [0.2, 0.25) is 0 Å². The lowest BCUT2D eigenvalue weighted by atomic mass is 10.2. The van der Waals surface area contributed by atoms with Crippen molar-refractivity contribution in [1.82, 2.24) is 9.55 Å². The van der Waals surface area contributed by atoms with E-state index in [0.717, 1.165) is 0 Å². The number of ether oxygens (including phenoxy) is 2. The maximum atomic E-state index is 12.6. The van der Waals surface area contributed by atoms with Gasteiger partial charge < -0.3 is 9.47 Å². The van der Waals surface area contributed by atoms with Gasteiger partial charge in [0.15, 0.2) is 5.16 Å². The number of hydrogen-bond donors (Lipinski definition) is 0. The molecule has 7 heteroatoms. The van der Waals surface area contributed by atoms with Gasteiger partial charge >= 0.3 is 5.97 Å². The molecule has 22 heavy (non-hydrogen) atoms. The van der Waals surface area contributed by atoms with E-state index in [1.165, 1.54) is 23.4 Å². The van der Waals surface area contributed by atoms with Gasteiger partial charge in [-0.25, -0.2) is 4.98 Å². The number of thioether (sulfide) groups is 1. The Kier molecular flexibility index (Phi) is 5.57. The molecule has 0 fully saturated rings. The van der Waals surface area contributed by atoms with Crippen LogP contribution in [-0.4, -0.2) is 41.6 Å². The average molecular weight is 322 g/mol. The van der Waals surface area contributed by atoms with Crippen molar-refractivity contribution in [3.05, 3.63) is 34.6 Å². The monoisotopic (exact) mass is 322 g/mol. The second kappa shape index (κ2) is 7.42. The number of fused-ring (bicyclic) bond motifs is 1. The van der Waals surface area contributed by atoms with Crippen molar-refractivity contribution in [3.63, 3.8) is 0 Å². The molecule has 0 aliphatic rings.